The van der Waals surface area contributed by atoms with E-state index in [1.165, 1.54) is 0 Å². The highest BCUT2D eigenvalue weighted by Gasteiger charge is 2.78. The highest BCUT2D eigenvalue weighted by atomic mass is 16.5. The van der Waals surface area contributed by atoms with Crippen LogP contribution in [-0.4, -0.2) is 83.2 Å². The number of hydrogen-bond donors (Lipinski definition) is 1. The molecule has 2 unspecified atom stereocenters. The molecule has 1 N–H and O–H groups in total. The summed E-state index contributed by atoms with van der Waals surface area (Å²) < 4.78 is 6.91. The van der Waals surface area contributed by atoms with E-state index in [1.54, 1.807) is 33.9 Å². The maximum atomic E-state index is 14.7. The summed E-state index contributed by atoms with van der Waals surface area (Å²) >= 11 is 0. The molecule has 5 atom stereocenters. The Hall–Kier alpha value is -2.97. The van der Waals surface area contributed by atoms with Crippen molar-refractivity contribution in [2.75, 3.05) is 38.2 Å². The van der Waals surface area contributed by atoms with Crippen LogP contribution in [0.5, 0.6) is 0 Å². The van der Waals surface area contributed by atoms with Crippen molar-refractivity contribution in [1.82, 2.24) is 9.80 Å². The smallest absolute Gasteiger partial charge is 0.253 e. The van der Waals surface area contributed by atoms with Crippen molar-refractivity contribution in [2.24, 2.45) is 11.8 Å². The normalized spacial score (nSPS) is 28.5. The Morgan fingerprint density at radius 3 is 2.50 bits per heavy atom. The summed E-state index contributed by atoms with van der Waals surface area (Å²) in [6, 6.07) is 5.15. The first-order chi connectivity index (χ1) is 19.1. The lowest BCUT2D eigenvalue weighted by Crippen LogP contribution is -2.56. The molecule has 8 nitrogen and oxygen atoms in total. The quantitative estimate of drug-likeness (QED) is 0.298. The number of ether oxygens (including phenoxy) is 1. The van der Waals surface area contributed by atoms with E-state index in [4.69, 9.17) is 4.74 Å². The molecule has 0 aromatic heterocycles. The van der Waals surface area contributed by atoms with Crippen LogP contribution in [0.15, 0.2) is 43.5 Å². The minimum atomic E-state index is -1.08. The molecule has 4 rings (SSSR count). The van der Waals surface area contributed by atoms with Gasteiger partial charge >= 0.3 is 0 Å². The zero-order chi connectivity index (χ0) is 29.2. The summed E-state index contributed by atoms with van der Waals surface area (Å²) in [4.78, 5) is 48.0. The molecule has 3 amide bonds. The number of aliphatic hydroxyl groups is 1. The summed E-state index contributed by atoms with van der Waals surface area (Å²) in [5, 5.41) is 9.30. The number of likely N-dealkylation sites (tertiary alicyclic amines) is 1. The van der Waals surface area contributed by atoms with Crippen LogP contribution in [0.1, 0.15) is 56.6 Å². The third-order valence-corrected chi connectivity index (χ3v) is 9.25. The van der Waals surface area contributed by atoms with E-state index < -0.39 is 29.1 Å². The van der Waals surface area contributed by atoms with Crippen LogP contribution in [0.2, 0.25) is 0 Å². The van der Waals surface area contributed by atoms with E-state index in [2.05, 4.69) is 13.2 Å². The largest absolute Gasteiger partial charge is 0.396 e. The van der Waals surface area contributed by atoms with Crippen molar-refractivity contribution in [3.8, 4) is 0 Å². The number of carbonyl (C=O) groups is 3. The number of hydrogen-bond acceptors (Lipinski definition) is 5. The van der Waals surface area contributed by atoms with Crippen LogP contribution in [0.3, 0.4) is 0 Å². The zero-order valence-corrected chi connectivity index (χ0v) is 24.5. The fourth-order valence-electron chi connectivity index (χ4n) is 7.30. The van der Waals surface area contributed by atoms with E-state index in [9.17, 15) is 19.5 Å². The van der Waals surface area contributed by atoms with Gasteiger partial charge in [0.25, 0.3) is 5.91 Å². The van der Waals surface area contributed by atoms with Crippen molar-refractivity contribution in [1.29, 1.82) is 0 Å². The second-order valence-electron chi connectivity index (χ2n) is 11.7. The number of carbonyl (C=O) groups excluding carboxylic acids is 3. The third kappa shape index (κ3) is 4.79. The first kappa shape index (κ1) is 30.0. The molecule has 8 heteroatoms. The number of anilines is 1. The molecular formula is C32H45N3O5. The average molecular weight is 552 g/mol. The number of rotatable bonds is 13. The van der Waals surface area contributed by atoms with E-state index in [1.807, 2.05) is 39.0 Å². The van der Waals surface area contributed by atoms with Gasteiger partial charge in [-0.2, -0.15) is 0 Å². The molecular weight excluding hydrogens is 506 g/mol. The fourth-order valence-corrected chi connectivity index (χ4v) is 7.30. The molecule has 3 aliphatic heterocycles. The van der Waals surface area contributed by atoms with Gasteiger partial charge in [-0.3, -0.25) is 14.4 Å². The van der Waals surface area contributed by atoms with Gasteiger partial charge in [0.1, 0.15) is 11.6 Å². The van der Waals surface area contributed by atoms with Crippen LogP contribution < -0.4 is 4.90 Å². The number of unbranched alkanes of at least 4 members (excludes halogenated alkanes) is 2. The monoisotopic (exact) mass is 551 g/mol. The van der Waals surface area contributed by atoms with Crippen molar-refractivity contribution < 1.29 is 24.2 Å². The Kier molecular flexibility index (Phi) is 8.90. The van der Waals surface area contributed by atoms with Gasteiger partial charge in [-0.05, 0) is 69.6 Å². The van der Waals surface area contributed by atoms with Crippen LogP contribution in [0.4, 0.5) is 5.69 Å². The molecule has 0 aliphatic carbocycles. The predicted molar refractivity (Wildman–Crippen MR) is 156 cm³/mol. The predicted octanol–water partition coefficient (Wildman–Crippen LogP) is 3.78. The van der Waals surface area contributed by atoms with Crippen molar-refractivity contribution in [3.63, 3.8) is 0 Å². The van der Waals surface area contributed by atoms with Gasteiger partial charge in [-0.1, -0.05) is 31.2 Å². The molecule has 0 saturated carbocycles. The minimum Gasteiger partial charge on any atom is -0.396 e. The molecule has 3 aliphatic rings. The minimum absolute atomic E-state index is 0.0803. The first-order valence-electron chi connectivity index (χ1n) is 14.6. The van der Waals surface area contributed by atoms with E-state index in [0.717, 1.165) is 23.2 Å². The van der Waals surface area contributed by atoms with Gasteiger partial charge in [0, 0.05) is 39.0 Å². The second kappa shape index (κ2) is 11.9. The lowest BCUT2D eigenvalue weighted by atomic mass is 9.64. The molecule has 3 saturated heterocycles. The van der Waals surface area contributed by atoms with Crippen LogP contribution >= 0.6 is 0 Å². The first-order valence-corrected chi connectivity index (χ1v) is 14.6. The summed E-state index contributed by atoms with van der Waals surface area (Å²) in [6.45, 7) is 14.8. The van der Waals surface area contributed by atoms with Gasteiger partial charge in [-0.15, -0.1) is 13.2 Å². The fraction of sp³-hybridized carbons (Fsp3) is 0.594. The molecule has 3 heterocycles. The maximum Gasteiger partial charge on any atom is 0.253 e. The number of aryl methyl sites for hydroxylation is 2. The molecule has 218 valence electrons. The molecule has 1 spiro atoms. The number of nitrogens with zero attached hydrogens (tertiary/aromatic N) is 3. The summed E-state index contributed by atoms with van der Waals surface area (Å²) in [6.07, 6.45) is 7.14. The van der Waals surface area contributed by atoms with E-state index in [0.29, 0.717) is 45.2 Å². The van der Waals surface area contributed by atoms with Gasteiger partial charge in [0.2, 0.25) is 11.8 Å². The molecule has 1 aromatic rings. The van der Waals surface area contributed by atoms with Crippen molar-refractivity contribution in [2.45, 2.75) is 76.5 Å². The lowest BCUT2D eigenvalue weighted by Gasteiger charge is -2.37. The lowest BCUT2D eigenvalue weighted by molar-refractivity contribution is -0.150. The Balaban J connectivity index is 1.82. The van der Waals surface area contributed by atoms with Crippen LogP contribution in [-0.2, 0) is 19.1 Å². The van der Waals surface area contributed by atoms with Gasteiger partial charge in [0.15, 0.2) is 0 Å². The second-order valence-corrected chi connectivity index (χ2v) is 11.7. The molecule has 1 aromatic carbocycles. The summed E-state index contributed by atoms with van der Waals surface area (Å²) in [5.41, 5.74) is 0.911. The number of amides is 3. The number of benzene rings is 1. The van der Waals surface area contributed by atoms with Crippen LogP contribution in [0, 0.1) is 25.7 Å². The SMILES string of the molecule is C=CCN(C)C(=O)[C@@H]1[C@H]2C(=O)N(CCCCCO)C(C(=O)N(CC=C)c3cc(C)ccc3C)C23CC[C@@]1(CC)O3. The third-order valence-electron chi connectivity index (χ3n) is 9.25. The molecule has 40 heavy (non-hydrogen) atoms. The zero-order valence-electron chi connectivity index (χ0n) is 24.5. The Bertz CT molecular complexity index is 1170. The van der Waals surface area contributed by atoms with E-state index >= 15 is 0 Å². The van der Waals surface area contributed by atoms with Gasteiger partial charge in [0.05, 0.1) is 17.4 Å². The Labute approximate surface area is 238 Å². The van der Waals surface area contributed by atoms with Crippen molar-refractivity contribution >= 4 is 23.4 Å². The molecule has 2 bridgehead atoms. The highest BCUT2D eigenvalue weighted by molar-refractivity contribution is 6.05. The standard InChI is InChI=1S/C32H45N3O5/c1-7-17-33(6)28(37)25-26-29(38)35(19-11-10-12-20-36)27(32(26)16-15-31(25,9-3)40-32)30(39)34(18-8-2)24-21-22(4)13-14-23(24)5/h7-8,13-14,21,25-27,36H,1-2,9-12,15-20H2,3-6H3/t25-,26-,27?,31+,32?/m0/s1. The molecule has 0 radical (unpaired) electrons. The topological polar surface area (TPSA) is 90.4 Å². The number of fused-ring (bicyclic) bond motifs is 1. The van der Waals surface area contributed by atoms with Crippen molar-refractivity contribution in [3.05, 3.63) is 54.6 Å². The maximum absolute atomic E-state index is 14.7. The molecule has 3 fully saturated rings. The number of likely N-dealkylation sites (N-methyl/N-ethyl adjacent to an activating group) is 1. The highest BCUT2D eigenvalue weighted by Crippen LogP contribution is 2.64. The summed E-state index contributed by atoms with van der Waals surface area (Å²) in [5.74, 6) is -1.90. The van der Waals surface area contributed by atoms with Crippen LogP contribution in [0.25, 0.3) is 0 Å². The average Bonchev–Trinajstić information content (AvgIpc) is 3.54. The van der Waals surface area contributed by atoms with Gasteiger partial charge < -0.3 is 24.5 Å². The Morgan fingerprint density at radius 2 is 1.85 bits per heavy atom. The van der Waals surface area contributed by atoms with E-state index in [-0.39, 0.29) is 30.9 Å². The number of aliphatic hydroxyl groups excluding tert-OH is 1. The van der Waals surface area contributed by atoms with Gasteiger partial charge in [-0.25, -0.2) is 0 Å². The Morgan fingerprint density at radius 1 is 1.12 bits per heavy atom. The summed E-state index contributed by atoms with van der Waals surface area (Å²) in [7, 11) is 1.73.